The lowest BCUT2D eigenvalue weighted by molar-refractivity contribution is -0.193. The SMILES string of the molecule is CC(C)OC(=O)C(O)OC(C)C. The van der Waals surface area contributed by atoms with E-state index in [-0.39, 0.29) is 12.2 Å². The number of carbonyl (C=O) groups excluding carboxylic acids is 1. The van der Waals surface area contributed by atoms with Gasteiger partial charge in [0, 0.05) is 0 Å². The number of hydrogen-bond donors (Lipinski definition) is 1. The lowest BCUT2D eigenvalue weighted by Gasteiger charge is -2.15. The van der Waals surface area contributed by atoms with Crippen molar-refractivity contribution in [3.8, 4) is 0 Å². The van der Waals surface area contributed by atoms with Gasteiger partial charge in [0.05, 0.1) is 12.2 Å². The topological polar surface area (TPSA) is 55.8 Å². The third kappa shape index (κ3) is 5.09. The van der Waals surface area contributed by atoms with Crippen LogP contribution in [0.5, 0.6) is 0 Å². The molecule has 0 saturated carbocycles. The lowest BCUT2D eigenvalue weighted by atomic mass is 10.4. The van der Waals surface area contributed by atoms with E-state index in [1.807, 2.05) is 0 Å². The summed E-state index contributed by atoms with van der Waals surface area (Å²) in [5, 5.41) is 9.04. The van der Waals surface area contributed by atoms with E-state index in [0.717, 1.165) is 0 Å². The summed E-state index contributed by atoms with van der Waals surface area (Å²) in [5.41, 5.74) is 0. The predicted molar refractivity (Wildman–Crippen MR) is 43.5 cm³/mol. The number of carbonyl (C=O) groups is 1. The van der Waals surface area contributed by atoms with Crippen molar-refractivity contribution < 1.29 is 19.4 Å². The van der Waals surface area contributed by atoms with Gasteiger partial charge in [-0.15, -0.1) is 0 Å². The Hall–Kier alpha value is -0.610. The van der Waals surface area contributed by atoms with Gasteiger partial charge in [-0.2, -0.15) is 0 Å². The van der Waals surface area contributed by atoms with Crippen LogP contribution < -0.4 is 0 Å². The Balaban J connectivity index is 3.77. The molecule has 0 aliphatic heterocycles. The molecule has 0 saturated heterocycles. The molecule has 72 valence electrons. The molecule has 0 aliphatic rings. The molecule has 0 bridgehead atoms. The number of esters is 1. The zero-order chi connectivity index (χ0) is 9.72. The van der Waals surface area contributed by atoms with Crippen LogP contribution in [0.2, 0.25) is 0 Å². The van der Waals surface area contributed by atoms with Crippen LogP contribution in [0.1, 0.15) is 27.7 Å². The molecule has 0 radical (unpaired) electrons. The second kappa shape index (κ2) is 5.11. The second-order valence-electron chi connectivity index (χ2n) is 3.02. The summed E-state index contributed by atoms with van der Waals surface area (Å²) in [6.45, 7) is 6.87. The minimum Gasteiger partial charge on any atom is -0.459 e. The van der Waals surface area contributed by atoms with Gasteiger partial charge in [0.2, 0.25) is 0 Å². The van der Waals surface area contributed by atoms with Crippen molar-refractivity contribution in [1.82, 2.24) is 0 Å². The van der Waals surface area contributed by atoms with Gasteiger partial charge in [-0.05, 0) is 27.7 Å². The molecule has 0 aromatic carbocycles. The van der Waals surface area contributed by atoms with Crippen molar-refractivity contribution in [2.75, 3.05) is 0 Å². The number of aliphatic hydroxyl groups excluding tert-OH is 1. The van der Waals surface area contributed by atoms with Crippen LogP contribution in [-0.2, 0) is 14.3 Å². The molecule has 0 spiro atoms. The molecule has 0 aromatic rings. The quantitative estimate of drug-likeness (QED) is 0.505. The molecular weight excluding hydrogens is 160 g/mol. The van der Waals surface area contributed by atoms with Crippen molar-refractivity contribution in [1.29, 1.82) is 0 Å². The Morgan fingerprint density at radius 2 is 1.67 bits per heavy atom. The first-order valence-corrected chi connectivity index (χ1v) is 3.97. The summed E-state index contributed by atoms with van der Waals surface area (Å²) in [6.07, 6.45) is -1.89. The third-order valence-electron chi connectivity index (χ3n) is 0.955. The standard InChI is InChI=1S/C8H16O4/c1-5(2)11-7(9)8(10)12-6(3)4/h5-7,9H,1-4H3. The van der Waals surface area contributed by atoms with Gasteiger partial charge < -0.3 is 14.6 Å². The summed E-state index contributed by atoms with van der Waals surface area (Å²) in [7, 11) is 0. The van der Waals surface area contributed by atoms with E-state index in [1.54, 1.807) is 27.7 Å². The molecule has 0 amide bonds. The van der Waals surface area contributed by atoms with Crippen LogP contribution in [0.4, 0.5) is 0 Å². The highest BCUT2D eigenvalue weighted by Crippen LogP contribution is 1.99. The molecule has 4 heteroatoms. The Labute approximate surface area is 72.5 Å². The second-order valence-corrected chi connectivity index (χ2v) is 3.02. The van der Waals surface area contributed by atoms with Crippen LogP contribution in [-0.4, -0.2) is 29.6 Å². The zero-order valence-corrected chi connectivity index (χ0v) is 7.90. The first-order valence-electron chi connectivity index (χ1n) is 3.97. The van der Waals surface area contributed by atoms with Crippen molar-refractivity contribution in [3.63, 3.8) is 0 Å². The maximum absolute atomic E-state index is 10.9. The molecule has 0 heterocycles. The van der Waals surface area contributed by atoms with Crippen LogP contribution in [0.15, 0.2) is 0 Å². The summed E-state index contributed by atoms with van der Waals surface area (Å²) in [6, 6.07) is 0. The minimum absolute atomic E-state index is 0.195. The van der Waals surface area contributed by atoms with E-state index in [1.165, 1.54) is 0 Å². The van der Waals surface area contributed by atoms with E-state index in [9.17, 15) is 4.79 Å². The first kappa shape index (κ1) is 11.4. The van der Waals surface area contributed by atoms with Crippen molar-refractivity contribution in [2.45, 2.75) is 46.2 Å². The van der Waals surface area contributed by atoms with Crippen molar-refractivity contribution >= 4 is 5.97 Å². The number of ether oxygens (including phenoxy) is 2. The van der Waals surface area contributed by atoms with Crippen molar-refractivity contribution in [3.05, 3.63) is 0 Å². The monoisotopic (exact) mass is 176 g/mol. The van der Waals surface area contributed by atoms with Gasteiger partial charge in [0.1, 0.15) is 0 Å². The predicted octanol–water partition coefficient (Wildman–Crippen LogP) is 0.681. The molecular formula is C8H16O4. The highest BCUT2D eigenvalue weighted by Gasteiger charge is 2.19. The van der Waals surface area contributed by atoms with E-state index in [0.29, 0.717) is 0 Å². The summed E-state index contributed by atoms with van der Waals surface area (Å²) >= 11 is 0. The largest absolute Gasteiger partial charge is 0.459 e. The van der Waals surface area contributed by atoms with E-state index >= 15 is 0 Å². The van der Waals surface area contributed by atoms with Crippen molar-refractivity contribution in [2.24, 2.45) is 0 Å². The fourth-order valence-corrected chi connectivity index (χ4v) is 0.604. The number of aliphatic hydroxyl groups is 1. The highest BCUT2D eigenvalue weighted by atomic mass is 16.7. The smallest absolute Gasteiger partial charge is 0.363 e. The maximum atomic E-state index is 10.9. The zero-order valence-electron chi connectivity index (χ0n) is 7.90. The Morgan fingerprint density at radius 1 is 1.17 bits per heavy atom. The van der Waals surface area contributed by atoms with Crippen LogP contribution in [0.3, 0.4) is 0 Å². The summed E-state index contributed by atoms with van der Waals surface area (Å²) in [4.78, 5) is 10.9. The molecule has 0 aromatic heterocycles. The summed E-state index contributed by atoms with van der Waals surface area (Å²) in [5.74, 6) is -0.737. The number of hydrogen-bond acceptors (Lipinski definition) is 4. The molecule has 0 fully saturated rings. The van der Waals surface area contributed by atoms with Gasteiger partial charge >= 0.3 is 5.97 Å². The summed E-state index contributed by atoms with van der Waals surface area (Å²) < 4.78 is 9.49. The molecule has 12 heavy (non-hydrogen) atoms. The Kier molecular flexibility index (Phi) is 4.85. The molecule has 0 aliphatic carbocycles. The van der Waals surface area contributed by atoms with Crippen LogP contribution in [0.25, 0.3) is 0 Å². The minimum atomic E-state index is -1.47. The maximum Gasteiger partial charge on any atom is 0.363 e. The fraction of sp³-hybridized carbons (Fsp3) is 0.875. The molecule has 4 nitrogen and oxygen atoms in total. The normalized spacial score (nSPS) is 13.6. The molecule has 0 rings (SSSR count). The fourth-order valence-electron chi connectivity index (χ4n) is 0.604. The lowest BCUT2D eigenvalue weighted by Crippen LogP contribution is -2.30. The average Bonchev–Trinajstić information content (AvgIpc) is 1.84. The Bertz CT molecular complexity index is 142. The van der Waals surface area contributed by atoms with E-state index in [4.69, 9.17) is 14.6 Å². The molecule has 1 unspecified atom stereocenters. The van der Waals surface area contributed by atoms with Gasteiger partial charge in [0.15, 0.2) is 0 Å². The van der Waals surface area contributed by atoms with E-state index in [2.05, 4.69) is 0 Å². The molecule has 1 atom stereocenters. The van der Waals surface area contributed by atoms with Crippen LogP contribution in [0, 0.1) is 0 Å². The van der Waals surface area contributed by atoms with Gasteiger partial charge in [-0.25, -0.2) is 4.79 Å². The van der Waals surface area contributed by atoms with Gasteiger partial charge in [-0.3, -0.25) is 0 Å². The van der Waals surface area contributed by atoms with Gasteiger partial charge in [-0.1, -0.05) is 0 Å². The highest BCUT2D eigenvalue weighted by molar-refractivity contribution is 5.72. The first-order chi connectivity index (χ1) is 5.43. The van der Waals surface area contributed by atoms with E-state index < -0.39 is 12.3 Å². The average molecular weight is 176 g/mol. The molecule has 1 N–H and O–H groups in total. The Morgan fingerprint density at radius 3 is 2.00 bits per heavy atom. The van der Waals surface area contributed by atoms with Gasteiger partial charge in [0.25, 0.3) is 6.29 Å². The number of rotatable bonds is 4. The third-order valence-corrected chi connectivity index (χ3v) is 0.955. The van der Waals surface area contributed by atoms with Crippen LogP contribution >= 0.6 is 0 Å².